The van der Waals surface area contributed by atoms with E-state index in [0.717, 1.165) is 6.54 Å². The van der Waals surface area contributed by atoms with E-state index in [1.165, 1.54) is 12.1 Å². The summed E-state index contributed by atoms with van der Waals surface area (Å²) in [6.07, 6.45) is -4.38. The second kappa shape index (κ2) is 7.03. The quantitative estimate of drug-likeness (QED) is 0.754. The number of piperazine rings is 1. The molecule has 1 aromatic carbocycles. The molecule has 0 unspecified atom stereocenters. The van der Waals surface area contributed by atoms with E-state index >= 15 is 0 Å². The van der Waals surface area contributed by atoms with Crippen LogP contribution in [0.25, 0.3) is 0 Å². The van der Waals surface area contributed by atoms with Crippen LogP contribution in [0.15, 0.2) is 18.2 Å². The fraction of sp³-hybridized carbons (Fsp3) is 0.500. The summed E-state index contributed by atoms with van der Waals surface area (Å²) in [5.74, 6) is 0.0109. The van der Waals surface area contributed by atoms with Crippen molar-refractivity contribution >= 4 is 28.5 Å². The number of carbonyl (C=O) groups excluding carboxylic acids is 1. The number of carbonyl (C=O) groups is 1. The molecule has 4 nitrogen and oxygen atoms in total. The third kappa shape index (κ3) is 4.73. The minimum Gasteiger partial charge on any atom is -0.483 e. The van der Waals surface area contributed by atoms with E-state index in [-0.39, 0.29) is 17.7 Å². The molecule has 0 bridgehead atoms. The van der Waals surface area contributed by atoms with Crippen molar-refractivity contribution in [2.75, 3.05) is 26.2 Å². The molecule has 1 heterocycles. The van der Waals surface area contributed by atoms with E-state index in [1.54, 1.807) is 11.0 Å². The van der Waals surface area contributed by atoms with Crippen molar-refractivity contribution in [1.82, 2.24) is 10.2 Å². The molecule has 1 saturated heterocycles. The van der Waals surface area contributed by atoms with Gasteiger partial charge in [0.1, 0.15) is 5.75 Å². The maximum absolute atomic E-state index is 12.4. The Hall–Kier alpha value is -1.03. The summed E-state index contributed by atoms with van der Waals surface area (Å²) in [6.45, 7) is 2.62. The molecule has 1 amide bonds. The lowest BCUT2D eigenvalue weighted by Crippen LogP contribution is -2.51. The number of benzene rings is 1. The molecule has 1 fully saturated rings. The Labute approximate surface area is 140 Å². The predicted molar refractivity (Wildman–Crippen MR) is 84.1 cm³/mol. The molecule has 1 N–H and O–H groups in total. The average molecular weight is 428 g/mol. The highest BCUT2D eigenvalue weighted by molar-refractivity contribution is 14.1. The number of ether oxygens (including phenoxy) is 1. The van der Waals surface area contributed by atoms with Crippen LogP contribution >= 0.6 is 22.6 Å². The van der Waals surface area contributed by atoms with Gasteiger partial charge in [0.25, 0.3) is 5.91 Å². The average Bonchev–Trinajstić information content (AvgIpc) is 2.44. The van der Waals surface area contributed by atoms with Gasteiger partial charge in [-0.1, -0.05) is 0 Å². The van der Waals surface area contributed by atoms with Crippen molar-refractivity contribution in [2.24, 2.45) is 0 Å². The Morgan fingerprint density at radius 1 is 1.50 bits per heavy atom. The molecule has 8 heteroatoms. The van der Waals surface area contributed by atoms with Gasteiger partial charge in [0.05, 0.1) is 3.57 Å². The van der Waals surface area contributed by atoms with E-state index < -0.39 is 12.8 Å². The van der Waals surface area contributed by atoms with Crippen LogP contribution in [0.1, 0.15) is 17.3 Å². The molecular formula is C14H16F3IN2O2. The molecule has 1 aliphatic rings. The molecule has 0 spiro atoms. The molecule has 122 valence electrons. The molecule has 0 radical (unpaired) electrons. The van der Waals surface area contributed by atoms with Crippen molar-refractivity contribution in [3.63, 3.8) is 0 Å². The van der Waals surface area contributed by atoms with Crippen LogP contribution < -0.4 is 10.1 Å². The highest BCUT2D eigenvalue weighted by Crippen LogP contribution is 2.25. The highest BCUT2D eigenvalue weighted by atomic mass is 127. The molecular weight excluding hydrogens is 412 g/mol. The fourth-order valence-electron chi connectivity index (χ4n) is 2.21. The molecule has 1 aromatic rings. The summed E-state index contributed by atoms with van der Waals surface area (Å²) < 4.78 is 41.7. The van der Waals surface area contributed by atoms with Gasteiger partial charge >= 0.3 is 6.18 Å². The first-order chi connectivity index (χ1) is 10.3. The lowest BCUT2D eigenvalue weighted by Gasteiger charge is -2.32. The minimum atomic E-state index is -4.38. The number of amides is 1. The van der Waals surface area contributed by atoms with E-state index in [2.05, 4.69) is 5.32 Å². The summed E-state index contributed by atoms with van der Waals surface area (Å²) in [5.41, 5.74) is 0.456. The van der Waals surface area contributed by atoms with Crippen molar-refractivity contribution in [1.29, 1.82) is 0 Å². The van der Waals surface area contributed by atoms with Crippen molar-refractivity contribution in [3.05, 3.63) is 27.3 Å². The Balaban J connectivity index is 2.06. The van der Waals surface area contributed by atoms with Crippen molar-refractivity contribution < 1.29 is 22.7 Å². The molecule has 22 heavy (non-hydrogen) atoms. The van der Waals surface area contributed by atoms with E-state index in [0.29, 0.717) is 22.2 Å². The first-order valence-corrected chi connectivity index (χ1v) is 7.86. The highest BCUT2D eigenvalue weighted by Gasteiger charge is 2.29. The van der Waals surface area contributed by atoms with Crippen LogP contribution in [0.4, 0.5) is 13.2 Å². The molecule has 0 saturated carbocycles. The van der Waals surface area contributed by atoms with Gasteiger partial charge in [-0.25, -0.2) is 0 Å². The predicted octanol–water partition coefficient (Wildman–Crippen LogP) is 2.67. The molecule has 2 rings (SSSR count). The normalized spacial score (nSPS) is 19.1. The van der Waals surface area contributed by atoms with Gasteiger partial charge in [0.2, 0.25) is 0 Å². The second-order valence-electron chi connectivity index (χ2n) is 5.16. The van der Waals surface area contributed by atoms with Gasteiger partial charge in [-0.3, -0.25) is 4.79 Å². The minimum absolute atomic E-state index is 0.117. The van der Waals surface area contributed by atoms with Crippen LogP contribution in [0, 0.1) is 3.57 Å². The van der Waals surface area contributed by atoms with Gasteiger partial charge in [-0.15, -0.1) is 0 Å². The van der Waals surface area contributed by atoms with E-state index in [9.17, 15) is 18.0 Å². The van der Waals surface area contributed by atoms with Crippen LogP contribution in [-0.4, -0.2) is 49.3 Å². The van der Waals surface area contributed by atoms with E-state index in [1.807, 2.05) is 29.5 Å². The number of alkyl halides is 3. The summed E-state index contributed by atoms with van der Waals surface area (Å²) in [5, 5.41) is 3.25. The Morgan fingerprint density at radius 2 is 2.23 bits per heavy atom. The zero-order valence-electron chi connectivity index (χ0n) is 11.9. The topological polar surface area (TPSA) is 41.6 Å². The summed E-state index contributed by atoms with van der Waals surface area (Å²) >= 11 is 1.87. The number of rotatable bonds is 3. The van der Waals surface area contributed by atoms with Crippen LogP contribution in [0.2, 0.25) is 0 Å². The van der Waals surface area contributed by atoms with Crippen molar-refractivity contribution in [2.45, 2.75) is 19.1 Å². The molecule has 1 aliphatic heterocycles. The number of hydrogen-bond donors (Lipinski definition) is 1. The number of hydrogen-bond acceptors (Lipinski definition) is 3. The number of nitrogens with one attached hydrogen (secondary N) is 1. The molecule has 0 aliphatic carbocycles. The van der Waals surface area contributed by atoms with Gasteiger partial charge in [0.15, 0.2) is 6.61 Å². The summed E-state index contributed by atoms with van der Waals surface area (Å²) in [4.78, 5) is 14.1. The lowest BCUT2D eigenvalue weighted by molar-refractivity contribution is -0.153. The first kappa shape index (κ1) is 17.3. The Bertz CT molecular complexity index is 551. The van der Waals surface area contributed by atoms with Gasteiger partial charge in [-0.05, 0) is 47.7 Å². The lowest BCUT2D eigenvalue weighted by atomic mass is 10.1. The zero-order valence-corrected chi connectivity index (χ0v) is 14.1. The molecule has 0 aromatic heterocycles. The maximum Gasteiger partial charge on any atom is 0.422 e. The Morgan fingerprint density at radius 3 is 2.82 bits per heavy atom. The second-order valence-corrected chi connectivity index (χ2v) is 6.32. The third-order valence-corrected chi connectivity index (χ3v) is 4.07. The number of halogens is 4. The summed E-state index contributed by atoms with van der Waals surface area (Å²) in [7, 11) is 0. The zero-order chi connectivity index (χ0) is 16.3. The smallest absolute Gasteiger partial charge is 0.422 e. The molecule has 1 atom stereocenters. The number of nitrogens with zero attached hydrogens (tertiary/aromatic N) is 1. The van der Waals surface area contributed by atoms with E-state index in [4.69, 9.17) is 4.74 Å². The monoisotopic (exact) mass is 428 g/mol. The third-order valence-electron chi connectivity index (χ3n) is 3.23. The summed E-state index contributed by atoms with van der Waals surface area (Å²) in [6, 6.07) is 4.70. The van der Waals surface area contributed by atoms with Crippen LogP contribution in [-0.2, 0) is 0 Å². The van der Waals surface area contributed by atoms with Crippen LogP contribution in [0.5, 0.6) is 5.75 Å². The SMILES string of the molecule is C[C@H]1CN(C(=O)c2ccc(OCC(F)(F)F)c(I)c2)CCN1. The largest absolute Gasteiger partial charge is 0.483 e. The van der Waals surface area contributed by atoms with Crippen LogP contribution in [0.3, 0.4) is 0 Å². The maximum atomic E-state index is 12.4. The van der Waals surface area contributed by atoms with Gasteiger partial charge in [0, 0.05) is 31.2 Å². The van der Waals surface area contributed by atoms with Gasteiger partial charge in [-0.2, -0.15) is 13.2 Å². The fourth-order valence-corrected chi connectivity index (χ4v) is 2.88. The van der Waals surface area contributed by atoms with Gasteiger partial charge < -0.3 is 15.0 Å². The van der Waals surface area contributed by atoms with Crippen molar-refractivity contribution in [3.8, 4) is 5.75 Å². The Kier molecular flexibility index (Phi) is 5.54. The standard InChI is InChI=1S/C14H16F3IN2O2/c1-9-7-20(5-4-19-9)13(21)10-2-3-12(11(18)6-10)22-8-14(15,16)17/h2-3,6,9,19H,4-5,7-8H2,1H3/t9-/m0/s1. The first-order valence-electron chi connectivity index (χ1n) is 6.78.